The number of alkyl halides is 3. The van der Waals surface area contributed by atoms with E-state index in [1.54, 1.807) is 12.4 Å². The summed E-state index contributed by atoms with van der Waals surface area (Å²) in [4.78, 5) is 10.9. The van der Waals surface area contributed by atoms with Crippen LogP contribution < -0.4 is 10.6 Å². The van der Waals surface area contributed by atoms with Gasteiger partial charge in [0.25, 0.3) is 0 Å². The molecule has 0 radical (unpaired) electrons. The Kier molecular flexibility index (Phi) is 11.1. The van der Waals surface area contributed by atoms with Crippen molar-refractivity contribution in [2.45, 2.75) is 103 Å². The van der Waals surface area contributed by atoms with Crippen LogP contribution >= 0.6 is 0 Å². The molecule has 0 unspecified atom stereocenters. The highest BCUT2D eigenvalue weighted by Gasteiger charge is 2.42. The van der Waals surface area contributed by atoms with Gasteiger partial charge in [-0.05, 0) is 92.5 Å². The van der Waals surface area contributed by atoms with Gasteiger partial charge in [-0.25, -0.2) is 9.97 Å². The molecule has 0 bridgehead atoms. The molecule has 13 heteroatoms. The highest BCUT2D eigenvalue weighted by atomic mass is 28.4. The van der Waals surface area contributed by atoms with Crippen molar-refractivity contribution in [1.29, 1.82) is 5.26 Å². The minimum absolute atomic E-state index is 0.0881. The Labute approximate surface area is 296 Å². The van der Waals surface area contributed by atoms with Gasteiger partial charge in [0.05, 0.1) is 41.1 Å². The van der Waals surface area contributed by atoms with Gasteiger partial charge in [0.15, 0.2) is 8.32 Å². The molecule has 50 heavy (non-hydrogen) atoms. The lowest BCUT2D eigenvalue weighted by molar-refractivity contribution is -0.148. The minimum Gasteiger partial charge on any atom is -0.416 e. The zero-order valence-electron chi connectivity index (χ0n) is 30.8. The second-order valence-electron chi connectivity index (χ2n) is 16.4. The highest BCUT2D eigenvalue weighted by Crippen LogP contribution is 2.44. The third-order valence-electron chi connectivity index (χ3n) is 10.8. The molecule has 1 atom stereocenters. The molecule has 2 aliphatic heterocycles. The zero-order chi connectivity index (χ0) is 36.5. The van der Waals surface area contributed by atoms with Crippen molar-refractivity contribution in [2.75, 3.05) is 43.4 Å². The molecule has 1 fully saturated rings. The Bertz CT molecular complexity index is 1680. The lowest BCUT2D eigenvalue weighted by Crippen LogP contribution is -2.45. The van der Waals surface area contributed by atoms with Gasteiger partial charge < -0.3 is 15.1 Å². The van der Waals surface area contributed by atoms with Gasteiger partial charge in [-0.1, -0.05) is 41.5 Å². The van der Waals surface area contributed by atoms with Gasteiger partial charge in [0.1, 0.15) is 6.07 Å². The number of nitriles is 1. The molecule has 1 saturated heterocycles. The van der Waals surface area contributed by atoms with Gasteiger partial charge >= 0.3 is 6.18 Å². The molecule has 2 N–H and O–H groups in total. The molecule has 0 spiro atoms. The summed E-state index contributed by atoms with van der Waals surface area (Å²) < 4.78 is 47.4. The Morgan fingerprint density at radius 2 is 1.90 bits per heavy atom. The summed E-state index contributed by atoms with van der Waals surface area (Å²) in [5.74, 6) is 1.17. The summed E-state index contributed by atoms with van der Waals surface area (Å²) in [5, 5.41) is 21.9. The van der Waals surface area contributed by atoms with Crippen molar-refractivity contribution in [1.82, 2.24) is 24.6 Å². The summed E-state index contributed by atoms with van der Waals surface area (Å²) in [5.41, 5.74) is 5.57. The summed E-state index contributed by atoms with van der Waals surface area (Å²) in [7, 11) is -1.99. The summed E-state index contributed by atoms with van der Waals surface area (Å²) in [6, 6.07) is 8.25. The second-order valence-corrected chi connectivity index (χ2v) is 21.2. The lowest BCUT2D eigenvalue weighted by atomic mass is 9.83. The normalized spacial score (nSPS) is 19.0. The molecule has 0 aliphatic carbocycles. The third-order valence-corrected chi connectivity index (χ3v) is 15.2. The number of rotatable bonds is 12. The quantitative estimate of drug-likeness (QED) is 0.180. The first-order chi connectivity index (χ1) is 23.4. The maximum atomic E-state index is 12.9. The van der Waals surface area contributed by atoms with E-state index in [-0.39, 0.29) is 16.4 Å². The Balaban J connectivity index is 1.36. The van der Waals surface area contributed by atoms with Crippen LogP contribution in [0, 0.1) is 23.2 Å². The molecular formula is C37H53F3N8OSi. The van der Waals surface area contributed by atoms with Crippen LogP contribution in [0.1, 0.15) is 77.6 Å². The topological polar surface area (TPSA) is 104 Å². The predicted octanol–water partition coefficient (Wildman–Crippen LogP) is 8.52. The fourth-order valence-electron chi connectivity index (χ4n) is 6.50. The van der Waals surface area contributed by atoms with Gasteiger partial charge in [-0.15, -0.1) is 0 Å². The molecular weight excluding hydrogens is 658 g/mol. The average molecular weight is 711 g/mol. The summed E-state index contributed by atoms with van der Waals surface area (Å²) in [6.07, 6.45) is 2.51. The van der Waals surface area contributed by atoms with Gasteiger partial charge in [-0.2, -0.15) is 23.5 Å². The first-order valence-corrected chi connectivity index (χ1v) is 20.7. The van der Waals surface area contributed by atoms with Crippen molar-refractivity contribution in [2.24, 2.45) is 11.8 Å². The van der Waals surface area contributed by atoms with E-state index in [0.717, 1.165) is 41.0 Å². The van der Waals surface area contributed by atoms with Crippen molar-refractivity contribution in [3.8, 4) is 17.3 Å². The molecule has 2 aliphatic rings. The number of benzene rings is 1. The maximum Gasteiger partial charge on any atom is 0.401 e. The first kappa shape index (κ1) is 37.8. The van der Waals surface area contributed by atoms with E-state index in [0.29, 0.717) is 68.8 Å². The van der Waals surface area contributed by atoms with E-state index >= 15 is 0 Å². The Hall–Kier alpha value is -3.47. The van der Waals surface area contributed by atoms with Crippen LogP contribution in [0.2, 0.25) is 18.1 Å². The number of hydrogen-bond acceptors (Lipinski definition) is 8. The van der Waals surface area contributed by atoms with Crippen LogP contribution in [-0.4, -0.2) is 71.9 Å². The highest BCUT2D eigenvalue weighted by molar-refractivity contribution is 6.74. The van der Waals surface area contributed by atoms with E-state index < -0.39 is 21.0 Å². The molecule has 5 rings (SSSR count). The van der Waals surface area contributed by atoms with Crippen molar-refractivity contribution < 1.29 is 17.6 Å². The van der Waals surface area contributed by atoms with Crippen molar-refractivity contribution in [3.05, 3.63) is 47.4 Å². The number of anilines is 3. The fourth-order valence-corrected chi connectivity index (χ4v) is 7.61. The zero-order valence-corrected chi connectivity index (χ0v) is 31.8. The van der Waals surface area contributed by atoms with E-state index in [2.05, 4.69) is 82.4 Å². The van der Waals surface area contributed by atoms with Crippen molar-refractivity contribution >= 4 is 25.6 Å². The molecule has 2 aromatic heterocycles. The Morgan fingerprint density at radius 3 is 2.54 bits per heavy atom. The summed E-state index contributed by atoms with van der Waals surface area (Å²) in [6.45, 7) is 19.7. The molecule has 3 aromatic rings. The van der Waals surface area contributed by atoms with Crippen LogP contribution in [0.15, 0.2) is 30.6 Å². The van der Waals surface area contributed by atoms with Crippen LogP contribution in [0.4, 0.5) is 30.5 Å². The number of halogens is 3. The first-order valence-electron chi connectivity index (χ1n) is 17.8. The lowest BCUT2D eigenvalue weighted by Gasteiger charge is -2.39. The van der Waals surface area contributed by atoms with Crippen molar-refractivity contribution in [3.63, 3.8) is 0 Å². The predicted molar refractivity (Wildman–Crippen MR) is 195 cm³/mol. The van der Waals surface area contributed by atoms with E-state index in [9.17, 15) is 18.4 Å². The van der Waals surface area contributed by atoms with E-state index in [1.807, 2.05) is 16.8 Å². The third kappa shape index (κ3) is 8.87. The molecule has 0 amide bonds. The molecule has 272 valence electrons. The Morgan fingerprint density at radius 1 is 1.18 bits per heavy atom. The van der Waals surface area contributed by atoms with E-state index in [4.69, 9.17) is 14.5 Å². The van der Waals surface area contributed by atoms with Crippen LogP contribution in [-0.2, 0) is 22.8 Å². The maximum absolute atomic E-state index is 12.9. The number of aromatic nitrogens is 4. The monoisotopic (exact) mass is 710 g/mol. The minimum atomic E-state index is -4.17. The number of fused-ring (bicyclic) bond motifs is 1. The fraction of sp³-hybridized carbons (Fsp3) is 0.622. The number of nitrogens with zero attached hydrogens (tertiary/aromatic N) is 6. The van der Waals surface area contributed by atoms with Crippen LogP contribution in [0.25, 0.3) is 11.3 Å². The number of piperidine rings is 1. The largest absolute Gasteiger partial charge is 0.416 e. The van der Waals surface area contributed by atoms with Gasteiger partial charge in [0, 0.05) is 36.9 Å². The second kappa shape index (κ2) is 14.6. The molecule has 1 aromatic carbocycles. The van der Waals surface area contributed by atoms with E-state index in [1.165, 1.54) is 4.90 Å². The van der Waals surface area contributed by atoms with Gasteiger partial charge in [-0.3, -0.25) is 9.58 Å². The van der Waals surface area contributed by atoms with Crippen LogP contribution in [0.3, 0.4) is 0 Å². The van der Waals surface area contributed by atoms with Gasteiger partial charge in [0.2, 0.25) is 5.95 Å². The van der Waals surface area contributed by atoms with Crippen LogP contribution in [0.5, 0.6) is 0 Å². The summed E-state index contributed by atoms with van der Waals surface area (Å²) >= 11 is 0. The smallest absolute Gasteiger partial charge is 0.401 e. The molecule has 9 nitrogen and oxygen atoms in total. The molecule has 0 saturated carbocycles. The average Bonchev–Trinajstić information content (AvgIpc) is 3.58. The molecule has 4 heterocycles. The number of likely N-dealkylation sites (tertiary alicyclic amines) is 1. The SMILES string of the molecule is CC(C)CCc1c(Nc2nccc(-c3cc(C#N)c4c(c3)[C@@](C)(CO[Si](C)(C)C(C)(C)C)CN4)n2)cnn1CC1CCN(CC(F)(F)F)CC1. The number of hydrogen-bond donors (Lipinski definition) is 2. The number of nitrogens with one attached hydrogen (secondary N) is 2. The standard InChI is InChI=1S/C37H53F3N8OSi/c1-25(2)9-10-32-31(20-44-48(32)21-26-12-15-47(16-13-26)23-37(38,39)40)46-34-42-14-11-30(45-34)27-17-28(19-41)33-29(18-27)36(6,22-43-33)24-49-50(7,8)35(3,4)5/h11,14,17-18,20,25-26,43H,9-10,12-13,15-16,21-24H2,1-8H3,(H,42,45,46)/t36-/m1/s1.